The smallest absolute Gasteiger partial charge is 0.255 e. The van der Waals surface area contributed by atoms with Crippen molar-refractivity contribution in [3.63, 3.8) is 0 Å². The van der Waals surface area contributed by atoms with Gasteiger partial charge < -0.3 is 10.2 Å². The first kappa shape index (κ1) is 24.1. The van der Waals surface area contributed by atoms with Crippen molar-refractivity contribution in [2.24, 2.45) is 0 Å². The van der Waals surface area contributed by atoms with E-state index in [1.807, 2.05) is 25.1 Å². The van der Waals surface area contributed by atoms with Gasteiger partial charge in [0.2, 0.25) is 11.8 Å². The van der Waals surface area contributed by atoms with Gasteiger partial charge in [-0.05, 0) is 48.6 Å². The van der Waals surface area contributed by atoms with Crippen LogP contribution in [0.3, 0.4) is 0 Å². The fourth-order valence-electron chi connectivity index (χ4n) is 5.11. The number of amides is 3. The SMILES string of the molecule is Cc1ccc(C2CC(=O)C(=CNc3cccc4c3CN(C3CCC(=O)NC3=O)C4=O)C(=O)C2)c(Br)c1. The molecule has 0 bridgehead atoms. The molecule has 184 valence electrons. The van der Waals surface area contributed by atoms with Gasteiger partial charge in [-0.2, -0.15) is 0 Å². The van der Waals surface area contributed by atoms with Crippen LogP contribution in [0.2, 0.25) is 0 Å². The van der Waals surface area contributed by atoms with Crippen LogP contribution in [0.4, 0.5) is 5.69 Å². The van der Waals surface area contributed by atoms with E-state index in [1.54, 1.807) is 18.2 Å². The summed E-state index contributed by atoms with van der Waals surface area (Å²) in [5.74, 6) is -1.74. The van der Waals surface area contributed by atoms with Gasteiger partial charge in [-0.25, -0.2) is 0 Å². The molecule has 1 atom stereocenters. The van der Waals surface area contributed by atoms with Crippen molar-refractivity contribution in [1.82, 2.24) is 10.2 Å². The number of imide groups is 1. The number of anilines is 1. The highest BCUT2D eigenvalue weighted by Crippen LogP contribution is 2.36. The van der Waals surface area contributed by atoms with Crippen molar-refractivity contribution in [1.29, 1.82) is 0 Å². The molecule has 3 aliphatic rings. The van der Waals surface area contributed by atoms with Crippen LogP contribution in [-0.4, -0.2) is 40.2 Å². The Labute approximate surface area is 216 Å². The molecule has 0 radical (unpaired) electrons. The highest BCUT2D eigenvalue weighted by Gasteiger charge is 2.40. The molecular weight excluding hydrogens is 526 g/mol. The van der Waals surface area contributed by atoms with Gasteiger partial charge >= 0.3 is 0 Å². The van der Waals surface area contributed by atoms with Crippen LogP contribution in [-0.2, 0) is 25.7 Å². The predicted molar refractivity (Wildman–Crippen MR) is 135 cm³/mol. The quantitative estimate of drug-likeness (QED) is 0.342. The topological polar surface area (TPSA) is 113 Å². The van der Waals surface area contributed by atoms with Gasteiger partial charge in [-0.15, -0.1) is 0 Å². The third-order valence-electron chi connectivity index (χ3n) is 7.01. The molecule has 2 aliphatic heterocycles. The number of aryl methyl sites for hydroxylation is 1. The number of nitrogens with one attached hydrogen (secondary N) is 2. The molecule has 1 aliphatic carbocycles. The minimum atomic E-state index is -0.715. The third kappa shape index (κ3) is 4.39. The second-order valence-electron chi connectivity index (χ2n) is 9.41. The molecule has 2 aromatic carbocycles. The summed E-state index contributed by atoms with van der Waals surface area (Å²) in [5, 5.41) is 5.36. The van der Waals surface area contributed by atoms with Crippen LogP contribution < -0.4 is 10.6 Å². The van der Waals surface area contributed by atoms with Crippen molar-refractivity contribution < 1.29 is 24.0 Å². The Morgan fingerprint density at radius 2 is 1.81 bits per heavy atom. The van der Waals surface area contributed by atoms with Crippen molar-refractivity contribution in [2.75, 3.05) is 5.32 Å². The number of piperidine rings is 1. The number of ketones is 2. The summed E-state index contributed by atoms with van der Waals surface area (Å²) in [6.45, 7) is 2.18. The van der Waals surface area contributed by atoms with Gasteiger partial charge in [0.15, 0.2) is 11.6 Å². The number of halogens is 1. The van der Waals surface area contributed by atoms with E-state index in [9.17, 15) is 24.0 Å². The number of hydrogen-bond acceptors (Lipinski definition) is 6. The molecule has 2 N–H and O–H groups in total. The zero-order valence-electron chi connectivity index (χ0n) is 19.6. The number of allylic oxidation sites excluding steroid dienone is 1. The van der Waals surface area contributed by atoms with Crippen molar-refractivity contribution in [2.45, 2.75) is 51.1 Å². The summed E-state index contributed by atoms with van der Waals surface area (Å²) in [6, 6.07) is 10.3. The fraction of sp³-hybridized carbons (Fsp3) is 0.296. The minimum absolute atomic E-state index is 0.110. The number of Topliss-reactive ketones (excluding diaryl/α,β-unsaturated/α-hetero) is 2. The van der Waals surface area contributed by atoms with E-state index in [0.717, 1.165) is 15.6 Å². The molecule has 1 saturated carbocycles. The first-order chi connectivity index (χ1) is 17.2. The number of carbonyl (C=O) groups is 5. The number of benzene rings is 2. The van der Waals surface area contributed by atoms with Crippen LogP contribution in [0, 0.1) is 6.92 Å². The van der Waals surface area contributed by atoms with Crippen molar-refractivity contribution >= 4 is 50.9 Å². The maximum absolute atomic E-state index is 13.0. The lowest BCUT2D eigenvalue weighted by Crippen LogP contribution is -2.52. The van der Waals surface area contributed by atoms with Crippen LogP contribution in [0.15, 0.2) is 52.6 Å². The van der Waals surface area contributed by atoms with E-state index in [2.05, 4.69) is 26.6 Å². The molecule has 3 amide bonds. The van der Waals surface area contributed by atoms with Crippen LogP contribution >= 0.6 is 15.9 Å². The zero-order valence-corrected chi connectivity index (χ0v) is 21.2. The van der Waals surface area contributed by atoms with Crippen molar-refractivity contribution in [3.05, 3.63) is 74.9 Å². The predicted octanol–water partition coefficient (Wildman–Crippen LogP) is 3.53. The third-order valence-corrected chi connectivity index (χ3v) is 7.70. The van der Waals surface area contributed by atoms with Gasteiger partial charge in [0, 0.05) is 53.3 Å². The van der Waals surface area contributed by atoms with E-state index in [0.29, 0.717) is 16.8 Å². The summed E-state index contributed by atoms with van der Waals surface area (Å²) in [6.07, 6.45) is 2.35. The Balaban J connectivity index is 1.33. The second kappa shape index (κ2) is 9.46. The number of hydrogen-bond donors (Lipinski definition) is 2. The largest absolute Gasteiger partial charge is 0.361 e. The van der Waals surface area contributed by atoms with Crippen LogP contribution in [0.5, 0.6) is 0 Å². The molecule has 2 heterocycles. The lowest BCUT2D eigenvalue weighted by molar-refractivity contribution is -0.137. The maximum Gasteiger partial charge on any atom is 0.255 e. The summed E-state index contributed by atoms with van der Waals surface area (Å²) in [7, 11) is 0. The number of fused-ring (bicyclic) bond motifs is 1. The van der Waals surface area contributed by atoms with E-state index in [-0.39, 0.29) is 67.1 Å². The molecule has 36 heavy (non-hydrogen) atoms. The average Bonchev–Trinajstić information content (AvgIpc) is 3.15. The molecule has 5 rings (SSSR count). The Hall–Kier alpha value is -3.59. The molecule has 8 nitrogen and oxygen atoms in total. The van der Waals surface area contributed by atoms with Gasteiger partial charge in [0.25, 0.3) is 5.91 Å². The monoisotopic (exact) mass is 549 g/mol. The van der Waals surface area contributed by atoms with Gasteiger partial charge in [-0.1, -0.05) is 34.1 Å². The van der Waals surface area contributed by atoms with E-state index >= 15 is 0 Å². The van der Waals surface area contributed by atoms with E-state index in [4.69, 9.17) is 0 Å². The summed E-state index contributed by atoms with van der Waals surface area (Å²) >= 11 is 3.55. The highest BCUT2D eigenvalue weighted by molar-refractivity contribution is 9.10. The lowest BCUT2D eigenvalue weighted by Gasteiger charge is -2.29. The first-order valence-corrected chi connectivity index (χ1v) is 12.6. The van der Waals surface area contributed by atoms with Gasteiger partial charge in [-0.3, -0.25) is 29.3 Å². The van der Waals surface area contributed by atoms with Gasteiger partial charge in [0.05, 0.1) is 5.57 Å². The molecule has 1 saturated heterocycles. The summed E-state index contributed by atoms with van der Waals surface area (Å²) in [5.41, 5.74) is 3.87. The Morgan fingerprint density at radius 3 is 2.50 bits per heavy atom. The molecule has 2 fully saturated rings. The molecule has 9 heteroatoms. The van der Waals surface area contributed by atoms with Gasteiger partial charge in [0.1, 0.15) is 6.04 Å². The Kier molecular flexibility index (Phi) is 6.34. The average molecular weight is 550 g/mol. The maximum atomic E-state index is 13.0. The first-order valence-electron chi connectivity index (χ1n) is 11.8. The minimum Gasteiger partial charge on any atom is -0.361 e. The summed E-state index contributed by atoms with van der Waals surface area (Å²) in [4.78, 5) is 64.1. The Bertz CT molecular complexity index is 1350. The number of carbonyl (C=O) groups excluding carboxylic acids is 5. The standard InChI is InChI=1S/C27H24BrN3O5/c1-14-5-6-16(20(28)9-14)15-10-23(32)18(24(33)11-15)12-29-21-4-2-3-17-19(21)13-31(27(17)36)22-7-8-25(34)30-26(22)35/h2-6,9,12,15,22,29H,7-8,10-11,13H2,1H3,(H,30,34,35). The summed E-state index contributed by atoms with van der Waals surface area (Å²) < 4.78 is 0.892. The molecule has 1 unspecified atom stereocenters. The Morgan fingerprint density at radius 1 is 1.06 bits per heavy atom. The lowest BCUT2D eigenvalue weighted by atomic mass is 9.80. The van der Waals surface area contributed by atoms with Crippen LogP contribution in [0.25, 0.3) is 0 Å². The molecular formula is C27H24BrN3O5. The van der Waals surface area contributed by atoms with Crippen LogP contribution in [0.1, 0.15) is 58.6 Å². The molecule has 0 aromatic heterocycles. The number of rotatable bonds is 4. The second-order valence-corrected chi connectivity index (χ2v) is 10.3. The molecule has 0 spiro atoms. The normalized spacial score (nSPS) is 22.0. The highest BCUT2D eigenvalue weighted by atomic mass is 79.9. The molecule has 2 aromatic rings. The van der Waals surface area contributed by atoms with Crippen molar-refractivity contribution in [3.8, 4) is 0 Å². The zero-order chi connectivity index (χ0) is 25.6. The van der Waals surface area contributed by atoms with E-state index in [1.165, 1.54) is 11.1 Å². The fourth-order valence-corrected chi connectivity index (χ4v) is 5.93. The number of nitrogens with zero attached hydrogens (tertiary/aromatic N) is 1. The van der Waals surface area contributed by atoms with E-state index < -0.39 is 11.9 Å².